The number of hydrogen-bond donors (Lipinski definition) is 0. The third-order valence-corrected chi connectivity index (χ3v) is 14.2. The Balaban J connectivity index is 0.983. The molecule has 0 saturated heterocycles. The van der Waals surface area contributed by atoms with Crippen LogP contribution >= 0.6 is 0 Å². The van der Waals surface area contributed by atoms with E-state index in [0.717, 1.165) is 17.1 Å². The van der Waals surface area contributed by atoms with E-state index < -0.39 is 0 Å². The van der Waals surface area contributed by atoms with Crippen molar-refractivity contribution in [2.45, 2.75) is 20.8 Å². The number of aromatic nitrogens is 3. The predicted molar refractivity (Wildman–Crippen MR) is 280 cm³/mol. The van der Waals surface area contributed by atoms with Gasteiger partial charge in [-0.15, -0.1) is 0 Å². The summed E-state index contributed by atoms with van der Waals surface area (Å²) in [6, 6.07) is 80.2. The number of fused-ring (bicyclic) bond motifs is 9. The molecular weight excluding hydrogens is 799 g/mol. The zero-order valence-corrected chi connectivity index (χ0v) is 37.1. The van der Waals surface area contributed by atoms with E-state index in [1.165, 1.54) is 115 Å². The molecule has 13 rings (SSSR count). The first-order valence-corrected chi connectivity index (χ1v) is 22.9. The maximum absolute atomic E-state index is 2.40. The first-order chi connectivity index (χ1) is 32.5. The molecule has 0 aliphatic heterocycles. The van der Waals surface area contributed by atoms with Gasteiger partial charge in [-0.1, -0.05) is 146 Å². The summed E-state index contributed by atoms with van der Waals surface area (Å²) >= 11 is 0. The molecule has 10 aromatic carbocycles. The first-order valence-electron chi connectivity index (χ1n) is 22.9. The van der Waals surface area contributed by atoms with Gasteiger partial charge in [0, 0.05) is 49.4 Å². The summed E-state index contributed by atoms with van der Waals surface area (Å²) in [5, 5.41) is 7.61. The molecule has 0 atom stereocenters. The van der Waals surface area contributed by atoms with Crippen molar-refractivity contribution in [1.29, 1.82) is 0 Å². The molecule has 3 nitrogen and oxygen atoms in total. The van der Waals surface area contributed by atoms with Crippen molar-refractivity contribution in [3.8, 4) is 50.4 Å². The Labute approximate surface area is 383 Å². The summed E-state index contributed by atoms with van der Waals surface area (Å²) in [7, 11) is 0. The molecule has 3 aromatic heterocycles. The minimum atomic E-state index is 1.15. The van der Waals surface area contributed by atoms with Crippen LogP contribution in [0.4, 0.5) is 0 Å². The second kappa shape index (κ2) is 14.8. The molecule has 0 aliphatic rings. The van der Waals surface area contributed by atoms with Crippen molar-refractivity contribution in [1.82, 2.24) is 13.7 Å². The predicted octanol–water partition coefficient (Wildman–Crippen LogP) is 16.9. The highest BCUT2D eigenvalue weighted by Gasteiger charge is 2.22. The van der Waals surface area contributed by atoms with E-state index in [-0.39, 0.29) is 0 Å². The standard InChI is InChI=1S/C63H45N3/c1-40-61(43-28-34-46(35-29-43)64-55-22-10-4-16-49(55)50-17-5-11-23-56(50)64)41(2)63(45-32-38-48(39-33-45)66-59-26-14-8-20-53(59)54-21-9-15-27-60(54)66)42(3)62(40)44-30-36-47(37-31-44)65-57-24-12-6-18-51(57)52-19-7-13-25-58(52)65/h4-39H,1-3H3. The van der Waals surface area contributed by atoms with E-state index in [1.807, 2.05) is 0 Å². The van der Waals surface area contributed by atoms with E-state index in [2.05, 4.69) is 253 Å². The van der Waals surface area contributed by atoms with Crippen LogP contribution in [0, 0.1) is 20.8 Å². The minimum absolute atomic E-state index is 1.15. The zero-order valence-electron chi connectivity index (χ0n) is 37.1. The van der Waals surface area contributed by atoms with Gasteiger partial charge in [0.05, 0.1) is 33.1 Å². The summed E-state index contributed by atoms with van der Waals surface area (Å²) in [4.78, 5) is 0. The lowest BCUT2D eigenvalue weighted by molar-refractivity contribution is 1.18. The highest BCUT2D eigenvalue weighted by atomic mass is 15.0. The van der Waals surface area contributed by atoms with Gasteiger partial charge in [0.2, 0.25) is 0 Å². The summed E-state index contributed by atoms with van der Waals surface area (Å²) in [6.45, 7) is 6.96. The summed E-state index contributed by atoms with van der Waals surface area (Å²) in [5.41, 5.74) is 22.1. The summed E-state index contributed by atoms with van der Waals surface area (Å²) < 4.78 is 7.20. The molecule has 66 heavy (non-hydrogen) atoms. The lowest BCUT2D eigenvalue weighted by Crippen LogP contribution is -2.02. The molecule has 0 aliphatic carbocycles. The van der Waals surface area contributed by atoms with Gasteiger partial charge in [-0.3, -0.25) is 0 Å². The van der Waals surface area contributed by atoms with Crippen LogP contribution in [-0.4, -0.2) is 13.7 Å². The van der Waals surface area contributed by atoms with Gasteiger partial charge in [-0.05, 0) is 144 Å². The Morgan fingerprint density at radius 3 is 0.591 bits per heavy atom. The highest BCUT2D eigenvalue weighted by molar-refractivity contribution is 6.11. The highest BCUT2D eigenvalue weighted by Crippen LogP contribution is 2.45. The topological polar surface area (TPSA) is 14.8 Å². The number of benzene rings is 10. The van der Waals surface area contributed by atoms with Crippen LogP contribution in [0.1, 0.15) is 16.7 Å². The molecule has 0 unspecified atom stereocenters. The van der Waals surface area contributed by atoms with Gasteiger partial charge in [-0.25, -0.2) is 0 Å². The molecule has 0 spiro atoms. The molecule has 0 saturated carbocycles. The van der Waals surface area contributed by atoms with Crippen LogP contribution in [-0.2, 0) is 0 Å². The maximum atomic E-state index is 2.40. The van der Waals surface area contributed by atoms with Gasteiger partial charge in [0.1, 0.15) is 0 Å². The van der Waals surface area contributed by atoms with Gasteiger partial charge in [0.25, 0.3) is 0 Å². The van der Waals surface area contributed by atoms with E-state index >= 15 is 0 Å². The second-order valence-corrected chi connectivity index (χ2v) is 17.7. The van der Waals surface area contributed by atoms with E-state index in [1.54, 1.807) is 0 Å². The van der Waals surface area contributed by atoms with Crippen LogP contribution in [0.25, 0.3) is 116 Å². The van der Waals surface area contributed by atoms with Gasteiger partial charge in [-0.2, -0.15) is 0 Å². The van der Waals surface area contributed by atoms with Crippen molar-refractivity contribution in [2.24, 2.45) is 0 Å². The fourth-order valence-electron chi connectivity index (χ4n) is 11.5. The lowest BCUT2D eigenvalue weighted by atomic mass is 9.80. The van der Waals surface area contributed by atoms with Gasteiger partial charge >= 0.3 is 0 Å². The molecular formula is C63H45N3. The number of hydrogen-bond acceptors (Lipinski definition) is 0. The normalized spacial score (nSPS) is 11.9. The maximum Gasteiger partial charge on any atom is 0.0541 e. The molecule has 0 fully saturated rings. The second-order valence-electron chi connectivity index (χ2n) is 17.7. The van der Waals surface area contributed by atoms with E-state index in [0.29, 0.717) is 0 Å². The Hall–Kier alpha value is -8.40. The minimum Gasteiger partial charge on any atom is -0.309 e. The Morgan fingerprint density at radius 1 is 0.212 bits per heavy atom. The van der Waals surface area contributed by atoms with Crippen molar-refractivity contribution < 1.29 is 0 Å². The number of nitrogens with zero attached hydrogens (tertiary/aromatic N) is 3. The third kappa shape index (κ3) is 5.63. The van der Waals surface area contributed by atoms with Crippen LogP contribution < -0.4 is 0 Å². The molecule has 0 amide bonds. The molecule has 0 bridgehead atoms. The zero-order chi connectivity index (χ0) is 44.0. The third-order valence-electron chi connectivity index (χ3n) is 14.2. The molecule has 312 valence electrons. The Bertz CT molecular complexity index is 3440. The molecule has 0 radical (unpaired) electrons. The fraction of sp³-hybridized carbons (Fsp3) is 0.0476. The lowest BCUT2D eigenvalue weighted by Gasteiger charge is -2.24. The SMILES string of the molecule is Cc1c(-c2ccc(-n3c4ccccc4c4ccccc43)cc2)c(C)c(-c2ccc(-n3c4ccccc4c4ccccc43)cc2)c(C)c1-c1ccc(-n2c3ccccc3c3ccccc32)cc1. The molecule has 3 heterocycles. The number of rotatable bonds is 6. The average Bonchev–Trinajstić information content (AvgIpc) is 4.01. The van der Waals surface area contributed by atoms with Crippen LogP contribution in [0.2, 0.25) is 0 Å². The quantitative estimate of drug-likeness (QED) is 0.158. The molecule has 3 heteroatoms. The van der Waals surface area contributed by atoms with E-state index in [9.17, 15) is 0 Å². The van der Waals surface area contributed by atoms with E-state index in [4.69, 9.17) is 0 Å². The Kier molecular flexibility index (Phi) is 8.56. The van der Waals surface area contributed by atoms with Crippen molar-refractivity contribution >= 4 is 65.4 Å². The van der Waals surface area contributed by atoms with Crippen molar-refractivity contribution in [2.75, 3.05) is 0 Å². The number of para-hydroxylation sites is 6. The van der Waals surface area contributed by atoms with Crippen LogP contribution in [0.3, 0.4) is 0 Å². The van der Waals surface area contributed by atoms with Crippen molar-refractivity contribution in [3.05, 3.63) is 235 Å². The summed E-state index contributed by atoms with van der Waals surface area (Å²) in [6.07, 6.45) is 0. The van der Waals surface area contributed by atoms with Gasteiger partial charge < -0.3 is 13.7 Å². The molecule has 0 N–H and O–H groups in total. The van der Waals surface area contributed by atoms with Crippen LogP contribution in [0.5, 0.6) is 0 Å². The molecule has 13 aromatic rings. The first kappa shape index (κ1) is 38.1. The monoisotopic (exact) mass is 843 g/mol. The fourth-order valence-corrected chi connectivity index (χ4v) is 11.5. The largest absolute Gasteiger partial charge is 0.309 e. The summed E-state index contributed by atoms with van der Waals surface area (Å²) in [5.74, 6) is 0. The van der Waals surface area contributed by atoms with Gasteiger partial charge in [0.15, 0.2) is 0 Å². The smallest absolute Gasteiger partial charge is 0.0541 e. The van der Waals surface area contributed by atoms with Crippen LogP contribution in [0.15, 0.2) is 218 Å². The Morgan fingerprint density at radius 2 is 0.394 bits per heavy atom. The average molecular weight is 844 g/mol. The van der Waals surface area contributed by atoms with Crippen molar-refractivity contribution in [3.63, 3.8) is 0 Å².